The molecule has 0 amide bonds. The summed E-state index contributed by atoms with van der Waals surface area (Å²) in [5, 5.41) is -0.0286. The van der Waals surface area contributed by atoms with E-state index in [0.29, 0.717) is 0 Å². The SMILES string of the molecule is CC(CS(=O)(=O)OC1CCCCC1)Sc1ccc(C(C)(C)C)cc1. The van der Waals surface area contributed by atoms with E-state index in [9.17, 15) is 8.42 Å². The lowest BCUT2D eigenvalue weighted by Gasteiger charge is -2.22. The van der Waals surface area contributed by atoms with Gasteiger partial charge in [-0.25, -0.2) is 0 Å². The van der Waals surface area contributed by atoms with Gasteiger partial charge < -0.3 is 0 Å². The van der Waals surface area contributed by atoms with Crippen LogP contribution in [0.3, 0.4) is 0 Å². The molecule has 1 aromatic carbocycles. The number of benzene rings is 1. The van der Waals surface area contributed by atoms with Crippen LogP contribution in [0.25, 0.3) is 0 Å². The van der Waals surface area contributed by atoms with Crippen LogP contribution in [0.4, 0.5) is 0 Å². The van der Waals surface area contributed by atoms with E-state index in [1.165, 1.54) is 12.0 Å². The first-order valence-corrected chi connectivity index (χ1v) is 11.3. The normalized spacial score (nSPS) is 18.5. The average Bonchev–Trinajstić information content (AvgIpc) is 2.46. The Hall–Kier alpha value is -0.520. The molecule has 0 radical (unpaired) electrons. The summed E-state index contributed by atoms with van der Waals surface area (Å²) in [7, 11) is -3.45. The number of thioether (sulfide) groups is 1. The van der Waals surface area contributed by atoms with Gasteiger partial charge in [-0.15, -0.1) is 11.8 Å². The van der Waals surface area contributed by atoms with Gasteiger partial charge in [0.2, 0.25) is 0 Å². The van der Waals surface area contributed by atoms with Crippen molar-refractivity contribution < 1.29 is 12.6 Å². The highest BCUT2D eigenvalue weighted by Crippen LogP contribution is 2.29. The Morgan fingerprint density at radius 2 is 1.71 bits per heavy atom. The van der Waals surface area contributed by atoms with Gasteiger partial charge in [0.25, 0.3) is 10.1 Å². The Labute approximate surface area is 151 Å². The molecular weight excluding hydrogens is 340 g/mol. The third-order valence-electron chi connectivity index (χ3n) is 4.33. The van der Waals surface area contributed by atoms with Gasteiger partial charge in [0.1, 0.15) is 0 Å². The van der Waals surface area contributed by atoms with Crippen molar-refractivity contribution in [3.63, 3.8) is 0 Å². The standard InChI is InChI=1S/C19H30O3S2/c1-15(14-24(20,21)22-17-8-6-5-7-9-17)23-18-12-10-16(11-13-18)19(2,3)4/h10-13,15,17H,5-9,14H2,1-4H3. The molecule has 2 rings (SSSR count). The van der Waals surface area contributed by atoms with Crippen LogP contribution in [0.15, 0.2) is 29.2 Å². The summed E-state index contributed by atoms with van der Waals surface area (Å²) in [4.78, 5) is 1.10. The second-order valence-corrected chi connectivity index (χ2v) is 10.9. The predicted octanol–water partition coefficient (Wildman–Crippen LogP) is 5.14. The van der Waals surface area contributed by atoms with Gasteiger partial charge in [0.15, 0.2) is 0 Å². The van der Waals surface area contributed by atoms with Gasteiger partial charge in [0.05, 0.1) is 11.9 Å². The Morgan fingerprint density at radius 1 is 1.12 bits per heavy atom. The van der Waals surface area contributed by atoms with E-state index in [1.54, 1.807) is 11.8 Å². The minimum atomic E-state index is -3.45. The summed E-state index contributed by atoms with van der Waals surface area (Å²) in [6.07, 6.45) is 4.97. The smallest absolute Gasteiger partial charge is 0.267 e. The van der Waals surface area contributed by atoms with Crippen molar-refractivity contribution in [1.29, 1.82) is 0 Å². The van der Waals surface area contributed by atoms with Crippen molar-refractivity contribution in [3.05, 3.63) is 29.8 Å². The third-order valence-corrected chi connectivity index (χ3v) is 7.13. The predicted molar refractivity (Wildman–Crippen MR) is 102 cm³/mol. The van der Waals surface area contributed by atoms with Crippen LogP contribution in [0.5, 0.6) is 0 Å². The highest BCUT2D eigenvalue weighted by Gasteiger charge is 2.24. The molecule has 1 saturated carbocycles. The maximum absolute atomic E-state index is 12.2. The Morgan fingerprint density at radius 3 is 2.25 bits per heavy atom. The van der Waals surface area contributed by atoms with Gasteiger partial charge in [-0.05, 0) is 36.0 Å². The van der Waals surface area contributed by atoms with Crippen LogP contribution in [0.2, 0.25) is 0 Å². The largest absolute Gasteiger partial charge is 0.268 e. The molecule has 1 aliphatic rings. The van der Waals surface area contributed by atoms with E-state index < -0.39 is 10.1 Å². The summed E-state index contributed by atoms with van der Waals surface area (Å²) < 4.78 is 29.9. The maximum Gasteiger partial charge on any atom is 0.268 e. The Kier molecular flexibility index (Phi) is 6.80. The molecule has 1 aliphatic carbocycles. The fourth-order valence-corrected chi connectivity index (χ4v) is 5.79. The lowest BCUT2D eigenvalue weighted by atomic mass is 9.87. The van der Waals surface area contributed by atoms with Gasteiger partial charge in [-0.1, -0.05) is 59.1 Å². The van der Waals surface area contributed by atoms with Crippen molar-refractivity contribution in [2.75, 3.05) is 5.75 Å². The summed E-state index contributed by atoms with van der Waals surface area (Å²) in [6.45, 7) is 8.51. The highest BCUT2D eigenvalue weighted by molar-refractivity contribution is 8.01. The zero-order valence-electron chi connectivity index (χ0n) is 15.2. The van der Waals surface area contributed by atoms with Crippen molar-refractivity contribution in [3.8, 4) is 0 Å². The number of rotatable bonds is 6. The highest BCUT2D eigenvalue weighted by atomic mass is 32.2. The minimum absolute atomic E-state index is 0.0286. The van der Waals surface area contributed by atoms with Crippen LogP contribution >= 0.6 is 11.8 Å². The maximum atomic E-state index is 12.2. The lowest BCUT2D eigenvalue weighted by Crippen LogP contribution is -2.25. The molecule has 1 atom stereocenters. The molecule has 136 valence electrons. The number of hydrogen-bond donors (Lipinski definition) is 0. The lowest BCUT2D eigenvalue weighted by molar-refractivity contribution is 0.162. The second-order valence-electron chi connectivity index (χ2n) is 7.78. The first-order chi connectivity index (χ1) is 11.2. The van der Waals surface area contributed by atoms with Gasteiger partial charge in [-0.2, -0.15) is 8.42 Å². The van der Waals surface area contributed by atoms with E-state index in [-0.39, 0.29) is 22.5 Å². The fraction of sp³-hybridized carbons (Fsp3) is 0.684. The van der Waals surface area contributed by atoms with Crippen LogP contribution in [0.1, 0.15) is 65.4 Å². The van der Waals surface area contributed by atoms with Gasteiger partial charge >= 0.3 is 0 Å². The molecule has 1 fully saturated rings. The van der Waals surface area contributed by atoms with Crippen LogP contribution in [0, 0.1) is 0 Å². The summed E-state index contributed by atoms with van der Waals surface area (Å²) in [6, 6.07) is 8.41. The molecule has 0 N–H and O–H groups in total. The van der Waals surface area contributed by atoms with E-state index in [2.05, 4.69) is 45.0 Å². The molecule has 24 heavy (non-hydrogen) atoms. The molecule has 1 unspecified atom stereocenters. The van der Waals surface area contributed by atoms with Crippen LogP contribution < -0.4 is 0 Å². The monoisotopic (exact) mass is 370 g/mol. The van der Waals surface area contributed by atoms with Crippen molar-refractivity contribution >= 4 is 21.9 Å². The average molecular weight is 371 g/mol. The van der Waals surface area contributed by atoms with Crippen molar-refractivity contribution in [2.45, 2.75) is 81.5 Å². The van der Waals surface area contributed by atoms with Gasteiger partial charge in [-0.3, -0.25) is 4.18 Å². The summed E-state index contributed by atoms with van der Waals surface area (Å²) >= 11 is 1.59. The van der Waals surface area contributed by atoms with Gasteiger partial charge in [0, 0.05) is 10.1 Å². The minimum Gasteiger partial charge on any atom is -0.267 e. The Balaban J connectivity index is 1.88. The fourth-order valence-electron chi connectivity index (χ4n) is 3.00. The van der Waals surface area contributed by atoms with Crippen LogP contribution in [-0.2, 0) is 19.7 Å². The molecular formula is C19H30O3S2. The summed E-state index contributed by atoms with van der Waals surface area (Å²) in [5.41, 5.74) is 1.42. The molecule has 0 spiro atoms. The van der Waals surface area contributed by atoms with E-state index in [1.807, 2.05) is 6.92 Å². The molecule has 1 aromatic rings. The van der Waals surface area contributed by atoms with E-state index >= 15 is 0 Å². The quantitative estimate of drug-likeness (QED) is 0.513. The second kappa shape index (κ2) is 8.24. The molecule has 5 heteroatoms. The van der Waals surface area contributed by atoms with Crippen LogP contribution in [-0.4, -0.2) is 25.5 Å². The molecule has 0 aliphatic heterocycles. The Bertz CT molecular complexity index is 609. The zero-order chi connectivity index (χ0) is 17.8. The van der Waals surface area contributed by atoms with E-state index in [4.69, 9.17) is 4.18 Å². The molecule has 0 bridgehead atoms. The molecule has 3 nitrogen and oxygen atoms in total. The topological polar surface area (TPSA) is 43.4 Å². The third kappa shape index (κ3) is 6.41. The first-order valence-electron chi connectivity index (χ1n) is 8.84. The number of hydrogen-bond acceptors (Lipinski definition) is 4. The van der Waals surface area contributed by atoms with Crippen molar-refractivity contribution in [1.82, 2.24) is 0 Å². The zero-order valence-corrected chi connectivity index (χ0v) is 16.9. The first kappa shape index (κ1) is 19.8. The van der Waals surface area contributed by atoms with Crippen molar-refractivity contribution in [2.24, 2.45) is 0 Å². The molecule has 0 heterocycles. The summed E-state index contributed by atoms with van der Waals surface area (Å²) in [5.74, 6) is 0.0647. The molecule has 0 aromatic heterocycles. The van der Waals surface area contributed by atoms with E-state index in [0.717, 1.165) is 30.6 Å². The molecule has 0 saturated heterocycles.